The highest BCUT2D eigenvalue weighted by Crippen LogP contribution is 2.52. The summed E-state index contributed by atoms with van der Waals surface area (Å²) in [5, 5.41) is 9.40. The predicted octanol–water partition coefficient (Wildman–Crippen LogP) is 3.35. The average molecular weight is 373 g/mol. The summed E-state index contributed by atoms with van der Waals surface area (Å²) in [7, 11) is 4.29. The Balaban J connectivity index is 1.75. The summed E-state index contributed by atoms with van der Waals surface area (Å²) in [6.07, 6.45) is 4.59. The molecule has 1 heterocycles. The van der Waals surface area contributed by atoms with Crippen LogP contribution in [0.2, 0.25) is 0 Å². The van der Waals surface area contributed by atoms with Crippen molar-refractivity contribution in [2.24, 2.45) is 10.8 Å². The third-order valence-electron chi connectivity index (χ3n) is 6.88. The van der Waals surface area contributed by atoms with Crippen molar-refractivity contribution in [3.8, 4) is 0 Å². The molecule has 1 aromatic rings. The van der Waals surface area contributed by atoms with Crippen LogP contribution in [0.3, 0.4) is 0 Å². The zero-order valence-electron chi connectivity index (χ0n) is 17.0. The van der Waals surface area contributed by atoms with E-state index in [1.165, 1.54) is 5.56 Å². The molecular weight excluding hydrogens is 340 g/mol. The lowest BCUT2D eigenvalue weighted by molar-refractivity contribution is -0.148. The number of amides is 1. The van der Waals surface area contributed by atoms with Crippen molar-refractivity contribution in [2.45, 2.75) is 51.5 Å². The number of benzene rings is 1. The summed E-state index contributed by atoms with van der Waals surface area (Å²) in [5.74, 6) is -0.739. The molecule has 1 amide bonds. The van der Waals surface area contributed by atoms with E-state index in [1.54, 1.807) is 18.7 Å². The topological polar surface area (TPSA) is 60.9 Å². The Morgan fingerprint density at radius 1 is 1.15 bits per heavy atom. The lowest BCUT2D eigenvalue weighted by Crippen LogP contribution is -2.47. The Morgan fingerprint density at radius 3 is 2.26 bits per heavy atom. The number of carbonyl (C=O) groups excluding carboxylic acids is 1. The molecule has 5 nitrogen and oxygen atoms in total. The Morgan fingerprint density at radius 2 is 1.74 bits per heavy atom. The van der Waals surface area contributed by atoms with Gasteiger partial charge in [0.1, 0.15) is 0 Å². The first-order valence-electron chi connectivity index (χ1n) is 9.85. The number of carbonyl (C=O) groups is 2. The highest BCUT2D eigenvalue weighted by Gasteiger charge is 2.51. The maximum Gasteiger partial charge on any atom is 0.310 e. The maximum atomic E-state index is 12.6. The van der Waals surface area contributed by atoms with Gasteiger partial charge in [-0.3, -0.25) is 14.5 Å². The standard InChI is InChI=1S/C22H32N2O3/c1-20(2,19(26)27)15-24-16-21(14-18(24)25)10-12-22(13-11-21,23(3)4)17-8-6-5-7-9-17/h5-9H,10-16H2,1-4H3,(H,26,27). The van der Waals surface area contributed by atoms with E-state index in [9.17, 15) is 14.7 Å². The zero-order valence-corrected chi connectivity index (χ0v) is 17.0. The lowest BCUT2D eigenvalue weighted by Gasteiger charge is -2.49. The first-order valence-corrected chi connectivity index (χ1v) is 9.85. The van der Waals surface area contributed by atoms with Crippen LogP contribution in [0.1, 0.15) is 51.5 Å². The van der Waals surface area contributed by atoms with E-state index >= 15 is 0 Å². The van der Waals surface area contributed by atoms with Crippen LogP contribution in [0.25, 0.3) is 0 Å². The molecule has 1 saturated heterocycles. The van der Waals surface area contributed by atoms with E-state index in [4.69, 9.17) is 0 Å². The van der Waals surface area contributed by atoms with Gasteiger partial charge >= 0.3 is 5.97 Å². The largest absolute Gasteiger partial charge is 0.481 e. The van der Waals surface area contributed by atoms with E-state index in [0.29, 0.717) is 19.5 Å². The van der Waals surface area contributed by atoms with E-state index in [-0.39, 0.29) is 16.9 Å². The molecule has 1 spiro atoms. The second kappa shape index (κ2) is 6.93. The third-order valence-corrected chi connectivity index (χ3v) is 6.88. The maximum absolute atomic E-state index is 12.6. The first-order chi connectivity index (χ1) is 12.6. The minimum atomic E-state index is -0.909. The molecule has 27 heavy (non-hydrogen) atoms. The lowest BCUT2D eigenvalue weighted by atomic mass is 9.64. The summed E-state index contributed by atoms with van der Waals surface area (Å²) in [6.45, 7) is 4.38. The molecule has 5 heteroatoms. The molecule has 148 valence electrons. The van der Waals surface area contributed by atoms with Crippen LogP contribution in [0.15, 0.2) is 30.3 Å². The molecule has 2 fully saturated rings. The monoisotopic (exact) mass is 372 g/mol. The minimum absolute atomic E-state index is 0.0000426. The van der Waals surface area contributed by atoms with Crippen molar-refractivity contribution in [1.82, 2.24) is 9.80 Å². The molecule has 1 aromatic carbocycles. The zero-order chi connectivity index (χ0) is 19.9. The van der Waals surface area contributed by atoms with Gasteiger partial charge in [0.05, 0.1) is 5.41 Å². The summed E-state index contributed by atoms with van der Waals surface area (Å²) in [4.78, 5) is 28.2. The highest BCUT2D eigenvalue weighted by molar-refractivity contribution is 5.81. The molecule has 0 unspecified atom stereocenters. The summed E-state index contributed by atoms with van der Waals surface area (Å²) < 4.78 is 0. The Kier molecular flexibility index (Phi) is 5.10. The Bertz CT molecular complexity index is 704. The number of aliphatic carboxylic acids is 1. The quantitative estimate of drug-likeness (QED) is 0.861. The van der Waals surface area contributed by atoms with Crippen molar-refractivity contribution in [2.75, 3.05) is 27.2 Å². The van der Waals surface area contributed by atoms with Crippen molar-refractivity contribution in [1.29, 1.82) is 0 Å². The van der Waals surface area contributed by atoms with E-state index in [2.05, 4.69) is 49.3 Å². The highest BCUT2D eigenvalue weighted by atomic mass is 16.4. The van der Waals surface area contributed by atoms with E-state index in [0.717, 1.165) is 25.7 Å². The number of carboxylic acids is 1. The van der Waals surface area contributed by atoms with Gasteiger partial charge in [-0.1, -0.05) is 30.3 Å². The predicted molar refractivity (Wildman–Crippen MR) is 105 cm³/mol. The first kappa shape index (κ1) is 19.9. The van der Waals surface area contributed by atoms with Crippen molar-refractivity contribution in [3.05, 3.63) is 35.9 Å². The SMILES string of the molecule is CN(C)C1(c2ccccc2)CCC2(CC1)CC(=O)N(CC(C)(C)C(=O)O)C2. The molecule has 1 N–H and O–H groups in total. The molecule has 1 saturated carbocycles. The van der Waals surface area contributed by atoms with Gasteiger partial charge in [0.15, 0.2) is 0 Å². The van der Waals surface area contributed by atoms with Gasteiger partial charge in [0.2, 0.25) is 5.91 Å². The van der Waals surface area contributed by atoms with Gasteiger partial charge < -0.3 is 10.0 Å². The number of nitrogens with zero attached hydrogens (tertiary/aromatic N) is 2. The van der Waals surface area contributed by atoms with E-state index < -0.39 is 11.4 Å². The van der Waals surface area contributed by atoms with Gasteiger partial charge in [0.25, 0.3) is 0 Å². The number of hydrogen-bond donors (Lipinski definition) is 1. The number of rotatable bonds is 5. The molecule has 0 bridgehead atoms. The molecule has 3 rings (SSSR count). The van der Waals surface area contributed by atoms with Crippen LogP contribution in [0.4, 0.5) is 0 Å². The minimum Gasteiger partial charge on any atom is -0.481 e. The molecule has 1 aliphatic carbocycles. The molecular formula is C22H32N2O3. The van der Waals surface area contributed by atoms with E-state index in [1.807, 2.05) is 0 Å². The fourth-order valence-corrected chi connectivity index (χ4v) is 4.94. The molecule has 1 aliphatic heterocycles. The normalized spacial score (nSPS) is 28.9. The number of carboxylic acid groups (broad SMARTS) is 1. The van der Waals surface area contributed by atoms with Gasteiger partial charge in [-0.05, 0) is 64.6 Å². The van der Waals surface area contributed by atoms with Gasteiger partial charge in [-0.15, -0.1) is 0 Å². The van der Waals surface area contributed by atoms with Crippen molar-refractivity contribution >= 4 is 11.9 Å². The summed E-state index contributed by atoms with van der Waals surface area (Å²) in [6, 6.07) is 10.7. The smallest absolute Gasteiger partial charge is 0.310 e. The van der Waals surface area contributed by atoms with Gasteiger partial charge in [-0.2, -0.15) is 0 Å². The molecule has 0 atom stereocenters. The summed E-state index contributed by atoms with van der Waals surface area (Å²) in [5.41, 5.74) is 0.453. The fourth-order valence-electron chi connectivity index (χ4n) is 4.94. The number of likely N-dealkylation sites (tertiary alicyclic amines) is 1. The summed E-state index contributed by atoms with van der Waals surface area (Å²) >= 11 is 0. The van der Waals surface area contributed by atoms with Crippen LogP contribution in [0.5, 0.6) is 0 Å². The Hall–Kier alpha value is -1.88. The van der Waals surface area contributed by atoms with Gasteiger partial charge in [-0.25, -0.2) is 0 Å². The van der Waals surface area contributed by atoms with Crippen molar-refractivity contribution < 1.29 is 14.7 Å². The van der Waals surface area contributed by atoms with Crippen LogP contribution in [-0.2, 0) is 15.1 Å². The second-order valence-corrected chi connectivity index (χ2v) is 9.41. The fraction of sp³-hybridized carbons (Fsp3) is 0.636. The molecule has 2 aliphatic rings. The van der Waals surface area contributed by atoms with Crippen LogP contribution in [-0.4, -0.2) is 54.0 Å². The van der Waals surface area contributed by atoms with Crippen LogP contribution < -0.4 is 0 Å². The van der Waals surface area contributed by atoms with Crippen LogP contribution >= 0.6 is 0 Å². The molecule has 0 radical (unpaired) electrons. The molecule has 0 aromatic heterocycles. The van der Waals surface area contributed by atoms with Crippen molar-refractivity contribution in [3.63, 3.8) is 0 Å². The van der Waals surface area contributed by atoms with Gasteiger partial charge in [0, 0.05) is 25.0 Å². The van der Waals surface area contributed by atoms with Crippen LogP contribution in [0, 0.1) is 10.8 Å². The third kappa shape index (κ3) is 3.62. The Labute approximate surface area is 162 Å². The number of hydrogen-bond acceptors (Lipinski definition) is 3. The second-order valence-electron chi connectivity index (χ2n) is 9.41. The average Bonchev–Trinajstić information content (AvgIpc) is 2.91.